The van der Waals surface area contributed by atoms with Crippen molar-refractivity contribution in [1.29, 1.82) is 0 Å². The third kappa shape index (κ3) is 4.62. The number of nitrogens with one attached hydrogen (secondary N) is 1. The second-order valence-corrected chi connectivity index (χ2v) is 6.57. The van der Waals surface area contributed by atoms with E-state index >= 15 is 0 Å². The van der Waals surface area contributed by atoms with Crippen molar-refractivity contribution < 1.29 is 9.13 Å². The lowest BCUT2D eigenvalue weighted by Crippen LogP contribution is -2.35. The highest BCUT2D eigenvalue weighted by atomic mass is 32.1. The molecule has 108 valence electrons. The molecule has 2 aromatic rings. The first-order chi connectivity index (χ1) is 9.44. The maximum absolute atomic E-state index is 13.9. The highest BCUT2D eigenvalue weighted by Gasteiger charge is 2.10. The Labute approximate surface area is 123 Å². The van der Waals surface area contributed by atoms with Crippen molar-refractivity contribution in [2.45, 2.75) is 39.5 Å². The summed E-state index contributed by atoms with van der Waals surface area (Å²) in [4.78, 5) is 0. The van der Waals surface area contributed by atoms with E-state index in [0.29, 0.717) is 18.9 Å². The molecule has 0 aliphatic rings. The molecule has 1 aromatic carbocycles. The fraction of sp³-hybridized carbons (Fsp3) is 0.375. The van der Waals surface area contributed by atoms with Crippen LogP contribution in [0.4, 0.5) is 4.39 Å². The Hall–Kier alpha value is -1.39. The van der Waals surface area contributed by atoms with Gasteiger partial charge in [-0.05, 0) is 60.9 Å². The average molecular weight is 293 g/mol. The summed E-state index contributed by atoms with van der Waals surface area (Å²) >= 11 is 1.61. The summed E-state index contributed by atoms with van der Waals surface area (Å²) in [5.41, 5.74) is 2.00. The smallest absolute Gasteiger partial charge is 0.165 e. The predicted molar refractivity (Wildman–Crippen MR) is 81.6 cm³/mol. The molecule has 2 nitrogen and oxygen atoms in total. The summed E-state index contributed by atoms with van der Waals surface area (Å²) in [5.74, 6) is -0.0100. The van der Waals surface area contributed by atoms with E-state index in [4.69, 9.17) is 4.74 Å². The largest absolute Gasteiger partial charge is 0.486 e. The Balaban J connectivity index is 1.95. The number of hydrogen-bond donors (Lipinski definition) is 1. The van der Waals surface area contributed by atoms with Crippen molar-refractivity contribution in [2.75, 3.05) is 0 Å². The lowest BCUT2D eigenvalue weighted by molar-refractivity contribution is 0.290. The van der Waals surface area contributed by atoms with Gasteiger partial charge in [0.25, 0.3) is 0 Å². The van der Waals surface area contributed by atoms with Crippen molar-refractivity contribution in [3.8, 4) is 5.75 Å². The number of ether oxygens (including phenoxy) is 1. The van der Waals surface area contributed by atoms with Crippen LogP contribution in [0, 0.1) is 5.82 Å². The summed E-state index contributed by atoms with van der Waals surface area (Å²) in [6.07, 6.45) is 0. The zero-order valence-corrected chi connectivity index (χ0v) is 12.9. The molecule has 1 heterocycles. The first kappa shape index (κ1) is 15.0. The van der Waals surface area contributed by atoms with Crippen LogP contribution in [0.25, 0.3) is 0 Å². The molecule has 0 atom stereocenters. The third-order valence-corrected chi connectivity index (χ3v) is 3.53. The van der Waals surface area contributed by atoms with Gasteiger partial charge in [-0.3, -0.25) is 0 Å². The molecule has 0 radical (unpaired) electrons. The van der Waals surface area contributed by atoms with Crippen LogP contribution in [-0.2, 0) is 13.2 Å². The van der Waals surface area contributed by atoms with E-state index < -0.39 is 0 Å². The molecule has 0 spiro atoms. The molecule has 0 bridgehead atoms. The maximum atomic E-state index is 13.9. The average Bonchev–Trinajstić information content (AvgIpc) is 2.87. The van der Waals surface area contributed by atoms with E-state index in [1.807, 2.05) is 22.9 Å². The third-order valence-electron chi connectivity index (χ3n) is 2.79. The minimum Gasteiger partial charge on any atom is -0.486 e. The summed E-state index contributed by atoms with van der Waals surface area (Å²) < 4.78 is 19.4. The van der Waals surface area contributed by atoms with Gasteiger partial charge in [0.05, 0.1) is 0 Å². The molecule has 0 unspecified atom stereocenters. The van der Waals surface area contributed by atoms with Crippen LogP contribution in [0.5, 0.6) is 5.75 Å². The summed E-state index contributed by atoms with van der Waals surface area (Å²) in [6.45, 7) is 7.30. The van der Waals surface area contributed by atoms with Gasteiger partial charge in [-0.2, -0.15) is 11.3 Å². The van der Waals surface area contributed by atoms with E-state index in [1.165, 1.54) is 6.07 Å². The minimum atomic E-state index is -0.312. The highest BCUT2D eigenvalue weighted by molar-refractivity contribution is 7.07. The Morgan fingerprint density at radius 2 is 2.00 bits per heavy atom. The van der Waals surface area contributed by atoms with Crippen LogP contribution in [0.3, 0.4) is 0 Å². The van der Waals surface area contributed by atoms with Gasteiger partial charge in [0, 0.05) is 12.1 Å². The molecular formula is C16H20FNOS. The van der Waals surface area contributed by atoms with Crippen LogP contribution in [0.2, 0.25) is 0 Å². The fourth-order valence-electron chi connectivity index (χ4n) is 1.67. The van der Waals surface area contributed by atoms with Crippen LogP contribution < -0.4 is 10.1 Å². The van der Waals surface area contributed by atoms with Gasteiger partial charge in [-0.25, -0.2) is 4.39 Å². The van der Waals surface area contributed by atoms with Gasteiger partial charge >= 0.3 is 0 Å². The number of rotatable bonds is 5. The first-order valence-corrected chi connectivity index (χ1v) is 7.56. The standard InChI is InChI=1S/C16H20FNOS/c1-16(2,3)18-9-12-4-5-15(14(17)8-12)19-10-13-6-7-20-11-13/h4-8,11,18H,9-10H2,1-3H3. The molecule has 20 heavy (non-hydrogen) atoms. The van der Waals surface area contributed by atoms with E-state index in [0.717, 1.165) is 11.1 Å². The maximum Gasteiger partial charge on any atom is 0.165 e. The first-order valence-electron chi connectivity index (χ1n) is 6.61. The monoisotopic (exact) mass is 293 g/mol. The minimum absolute atomic E-state index is 0.0184. The van der Waals surface area contributed by atoms with Gasteiger partial charge < -0.3 is 10.1 Å². The van der Waals surface area contributed by atoms with Gasteiger partial charge in [0.15, 0.2) is 11.6 Å². The second kappa shape index (κ2) is 6.37. The lowest BCUT2D eigenvalue weighted by Gasteiger charge is -2.20. The Bertz CT molecular complexity index is 546. The Kier molecular flexibility index (Phi) is 4.78. The van der Waals surface area contributed by atoms with E-state index in [1.54, 1.807) is 17.4 Å². The van der Waals surface area contributed by atoms with Crippen molar-refractivity contribution in [3.05, 3.63) is 52.0 Å². The van der Waals surface area contributed by atoms with Gasteiger partial charge in [-0.15, -0.1) is 0 Å². The quantitative estimate of drug-likeness (QED) is 0.884. The van der Waals surface area contributed by atoms with Gasteiger partial charge in [-0.1, -0.05) is 6.07 Å². The highest BCUT2D eigenvalue weighted by Crippen LogP contribution is 2.20. The van der Waals surface area contributed by atoms with Gasteiger partial charge in [0.2, 0.25) is 0 Å². The zero-order valence-electron chi connectivity index (χ0n) is 12.1. The molecule has 0 saturated carbocycles. The Morgan fingerprint density at radius 1 is 1.20 bits per heavy atom. The second-order valence-electron chi connectivity index (χ2n) is 5.79. The summed E-state index contributed by atoms with van der Waals surface area (Å²) in [7, 11) is 0. The number of thiophene rings is 1. The number of hydrogen-bond acceptors (Lipinski definition) is 3. The van der Waals surface area contributed by atoms with E-state index in [9.17, 15) is 4.39 Å². The number of benzene rings is 1. The van der Waals surface area contributed by atoms with E-state index in [2.05, 4.69) is 26.1 Å². The van der Waals surface area contributed by atoms with Crippen molar-refractivity contribution >= 4 is 11.3 Å². The van der Waals surface area contributed by atoms with Crippen LogP contribution >= 0.6 is 11.3 Å². The Morgan fingerprint density at radius 3 is 2.60 bits per heavy atom. The van der Waals surface area contributed by atoms with Crippen molar-refractivity contribution in [1.82, 2.24) is 5.32 Å². The molecule has 0 amide bonds. The lowest BCUT2D eigenvalue weighted by atomic mass is 10.1. The normalized spacial score (nSPS) is 11.6. The molecule has 1 aromatic heterocycles. The molecule has 0 aliphatic heterocycles. The van der Waals surface area contributed by atoms with Crippen LogP contribution in [0.1, 0.15) is 31.9 Å². The molecule has 1 N–H and O–H groups in total. The van der Waals surface area contributed by atoms with Crippen LogP contribution in [-0.4, -0.2) is 5.54 Å². The molecule has 0 aliphatic carbocycles. The van der Waals surface area contributed by atoms with Gasteiger partial charge in [0.1, 0.15) is 6.61 Å². The molecular weight excluding hydrogens is 273 g/mol. The molecule has 2 rings (SSSR count). The summed E-state index contributed by atoms with van der Waals surface area (Å²) in [5, 5.41) is 7.32. The SMILES string of the molecule is CC(C)(C)NCc1ccc(OCc2ccsc2)c(F)c1. The topological polar surface area (TPSA) is 21.3 Å². The predicted octanol–water partition coefficient (Wildman–Crippen LogP) is 4.35. The van der Waals surface area contributed by atoms with Crippen molar-refractivity contribution in [2.24, 2.45) is 0 Å². The molecule has 0 fully saturated rings. The molecule has 4 heteroatoms. The fourth-order valence-corrected chi connectivity index (χ4v) is 2.33. The van der Waals surface area contributed by atoms with E-state index in [-0.39, 0.29) is 11.4 Å². The zero-order chi connectivity index (χ0) is 14.6. The summed E-state index contributed by atoms with van der Waals surface area (Å²) in [6, 6.07) is 7.10. The van der Waals surface area contributed by atoms with Crippen LogP contribution in [0.15, 0.2) is 35.0 Å². The number of halogens is 1. The van der Waals surface area contributed by atoms with Crippen molar-refractivity contribution in [3.63, 3.8) is 0 Å². The molecule has 0 saturated heterocycles.